The molecule has 3 rings (SSSR count). The van der Waals surface area contributed by atoms with E-state index in [0.717, 1.165) is 13.1 Å². The second-order valence-corrected chi connectivity index (χ2v) is 5.09. The van der Waals surface area contributed by atoms with E-state index in [4.69, 9.17) is 4.74 Å². The average Bonchev–Trinajstić information content (AvgIpc) is 2.46. The maximum Gasteiger partial charge on any atom is 0.437 e. The smallest absolute Gasteiger partial charge is 0.437 e. The zero-order valence-corrected chi connectivity index (χ0v) is 11.3. The fraction of sp³-hybridized carbons (Fsp3) is 0.400. The third kappa shape index (κ3) is 3.10. The second kappa shape index (κ2) is 5.52. The zero-order valence-electron chi connectivity index (χ0n) is 11.3. The molecular weight excluding hydrogens is 281 g/mol. The van der Waals surface area contributed by atoms with Gasteiger partial charge in [0.05, 0.1) is 5.52 Å². The summed E-state index contributed by atoms with van der Waals surface area (Å²) >= 11 is 0. The van der Waals surface area contributed by atoms with E-state index in [0.29, 0.717) is 23.7 Å². The van der Waals surface area contributed by atoms with Crippen LogP contribution < -0.4 is 10.1 Å². The summed E-state index contributed by atoms with van der Waals surface area (Å²) < 4.78 is 45.1. The Labute approximate surface area is 120 Å². The van der Waals surface area contributed by atoms with Crippen molar-refractivity contribution in [1.29, 1.82) is 0 Å². The van der Waals surface area contributed by atoms with Gasteiger partial charge in [-0.25, -0.2) is 4.98 Å². The molecule has 2 aromatic rings. The number of nitrogens with zero attached hydrogens (tertiary/aromatic N) is 1. The number of halogens is 3. The molecule has 1 aliphatic rings. The van der Waals surface area contributed by atoms with Crippen LogP contribution in [0, 0.1) is 0 Å². The molecule has 21 heavy (non-hydrogen) atoms. The van der Waals surface area contributed by atoms with Crippen molar-refractivity contribution in [3.8, 4) is 5.75 Å². The summed E-state index contributed by atoms with van der Waals surface area (Å²) in [7, 11) is 0. The van der Waals surface area contributed by atoms with Gasteiger partial charge in [-0.3, -0.25) is 0 Å². The fourth-order valence-corrected chi connectivity index (χ4v) is 2.48. The molecule has 0 saturated carbocycles. The average molecular weight is 296 g/mol. The summed E-state index contributed by atoms with van der Waals surface area (Å²) in [5.74, 6) is -0.173. The first kappa shape index (κ1) is 14.1. The Morgan fingerprint density at radius 1 is 1.14 bits per heavy atom. The van der Waals surface area contributed by atoms with Crippen molar-refractivity contribution in [1.82, 2.24) is 10.3 Å². The van der Waals surface area contributed by atoms with Crippen LogP contribution in [0.4, 0.5) is 13.2 Å². The standard InChI is InChI=1S/C15H15F3N2O/c16-15(17,18)14-13(21-11-5-7-19-8-6-11)9-10-3-1-2-4-12(10)20-14/h1-4,9,11,19H,5-8H2. The van der Waals surface area contributed by atoms with Crippen molar-refractivity contribution < 1.29 is 17.9 Å². The van der Waals surface area contributed by atoms with Crippen molar-refractivity contribution in [2.24, 2.45) is 0 Å². The van der Waals surface area contributed by atoms with Gasteiger partial charge in [0.15, 0.2) is 11.4 Å². The minimum atomic E-state index is -4.52. The highest BCUT2D eigenvalue weighted by Crippen LogP contribution is 2.37. The Hall–Kier alpha value is -1.82. The van der Waals surface area contributed by atoms with Gasteiger partial charge in [0.1, 0.15) is 6.10 Å². The van der Waals surface area contributed by atoms with Crippen molar-refractivity contribution in [2.45, 2.75) is 25.1 Å². The first-order valence-electron chi connectivity index (χ1n) is 6.88. The topological polar surface area (TPSA) is 34.1 Å². The number of alkyl halides is 3. The number of para-hydroxylation sites is 1. The lowest BCUT2D eigenvalue weighted by Crippen LogP contribution is -2.34. The molecule has 3 nitrogen and oxygen atoms in total. The third-order valence-corrected chi connectivity index (χ3v) is 3.54. The Kier molecular flexibility index (Phi) is 3.71. The molecule has 0 amide bonds. The van der Waals surface area contributed by atoms with Gasteiger partial charge in [0, 0.05) is 5.39 Å². The molecule has 1 aliphatic heterocycles. The molecule has 0 unspecified atom stereocenters. The van der Waals surface area contributed by atoms with Crippen LogP contribution in [0.5, 0.6) is 5.75 Å². The third-order valence-electron chi connectivity index (χ3n) is 3.54. The quantitative estimate of drug-likeness (QED) is 0.922. The van der Waals surface area contributed by atoms with Crippen LogP contribution in [-0.2, 0) is 6.18 Å². The number of piperidine rings is 1. The van der Waals surface area contributed by atoms with Crippen molar-refractivity contribution in [3.05, 3.63) is 36.0 Å². The van der Waals surface area contributed by atoms with Gasteiger partial charge in [-0.1, -0.05) is 18.2 Å². The van der Waals surface area contributed by atoms with Crippen LogP contribution in [0.1, 0.15) is 18.5 Å². The van der Waals surface area contributed by atoms with E-state index >= 15 is 0 Å². The molecule has 0 spiro atoms. The molecule has 0 bridgehead atoms. The zero-order chi connectivity index (χ0) is 14.9. The lowest BCUT2D eigenvalue weighted by atomic mass is 10.1. The molecule has 6 heteroatoms. The SMILES string of the molecule is FC(F)(F)c1nc2ccccc2cc1OC1CCNCC1. The van der Waals surface area contributed by atoms with E-state index in [1.54, 1.807) is 24.3 Å². The molecule has 112 valence electrons. The molecule has 0 atom stereocenters. The van der Waals surface area contributed by atoms with Crippen LogP contribution in [0.3, 0.4) is 0 Å². The number of ether oxygens (including phenoxy) is 1. The van der Waals surface area contributed by atoms with E-state index < -0.39 is 11.9 Å². The van der Waals surface area contributed by atoms with Gasteiger partial charge in [-0.05, 0) is 38.1 Å². The molecule has 2 heterocycles. The van der Waals surface area contributed by atoms with Gasteiger partial charge >= 0.3 is 6.18 Å². The predicted octanol–water partition coefficient (Wildman–Crippen LogP) is 3.38. The number of aromatic nitrogens is 1. The van der Waals surface area contributed by atoms with Gasteiger partial charge in [-0.15, -0.1) is 0 Å². The van der Waals surface area contributed by atoms with Gasteiger partial charge in [-0.2, -0.15) is 13.2 Å². The Morgan fingerprint density at radius 3 is 2.57 bits per heavy atom. The maximum atomic E-state index is 13.2. The molecule has 1 aromatic heterocycles. The number of nitrogens with one attached hydrogen (secondary N) is 1. The van der Waals surface area contributed by atoms with Crippen molar-refractivity contribution >= 4 is 10.9 Å². The van der Waals surface area contributed by atoms with Crippen LogP contribution >= 0.6 is 0 Å². The number of hydrogen-bond acceptors (Lipinski definition) is 3. The Morgan fingerprint density at radius 2 is 1.86 bits per heavy atom. The largest absolute Gasteiger partial charge is 0.488 e. The van der Waals surface area contributed by atoms with Gasteiger partial charge in [0.2, 0.25) is 0 Å². The molecule has 0 aliphatic carbocycles. The molecule has 1 N–H and O–H groups in total. The molecular formula is C15H15F3N2O. The van der Waals surface area contributed by atoms with Crippen molar-refractivity contribution in [3.63, 3.8) is 0 Å². The molecule has 1 fully saturated rings. The number of hydrogen-bond donors (Lipinski definition) is 1. The minimum absolute atomic E-state index is 0.173. The Bertz CT molecular complexity index is 636. The lowest BCUT2D eigenvalue weighted by molar-refractivity contribution is -0.142. The first-order valence-corrected chi connectivity index (χ1v) is 6.88. The summed E-state index contributed by atoms with van der Waals surface area (Å²) in [6.07, 6.45) is -3.32. The number of benzene rings is 1. The van der Waals surface area contributed by atoms with Crippen LogP contribution in [0.2, 0.25) is 0 Å². The summed E-state index contributed by atoms with van der Waals surface area (Å²) in [4.78, 5) is 3.75. The first-order chi connectivity index (χ1) is 10.0. The predicted molar refractivity (Wildman–Crippen MR) is 73.3 cm³/mol. The number of fused-ring (bicyclic) bond motifs is 1. The second-order valence-electron chi connectivity index (χ2n) is 5.09. The minimum Gasteiger partial charge on any atom is -0.488 e. The van der Waals surface area contributed by atoms with E-state index in [1.807, 2.05) is 0 Å². The van der Waals surface area contributed by atoms with Gasteiger partial charge < -0.3 is 10.1 Å². The van der Waals surface area contributed by atoms with E-state index in [-0.39, 0.29) is 11.9 Å². The van der Waals surface area contributed by atoms with Crippen molar-refractivity contribution in [2.75, 3.05) is 13.1 Å². The summed E-state index contributed by atoms with van der Waals surface area (Å²) in [6, 6.07) is 8.18. The van der Waals surface area contributed by atoms with Crippen LogP contribution in [0.25, 0.3) is 10.9 Å². The highest BCUT2D eigenvalue weighted by atomic mass is 19.4. The lowest BCUT2D eigenvalue weighted by Gasteiger charge is -2.25. The van der Waals surface area contributed by atoms with E-state index in [2.05, 4.69) is 10.3 Å². The number of rotatable bonds is 2. The summed E-state index contributed by atoms with van der Waals surface area (Å²) in [5.41, 5.74) is -0.623. The van der Waals surface area contributed by atoms with Crippen LogP contribution in [0.15, 0.2) is 30.3 Å². The highest BCUT2D eigenvalue weighted by Gasteiger charge is 2.37. The van der Waals surface area contributed by atoms with Gasteiger partial charge in [0.25, 0.3) is 0 Å². The molecule has 1 saturated heterocycles. The Balaban J connectivity index is 2.01. The van der Waals surface area contributed by atoms with Crippen LogP contribution in [-0.4, -0.2) is 24.2 Å². The summed E-state index contributed by atoms with van der Waals surface area (Å²) in [5, 5.41) is 3.80. The van der Waals surface area contributed by atoms with E-state index in [9.17, 15) is 13.2 Å². The summed E-state index contributed by atoms with van der Waals surface area (Å²) in [6.45, 7) is 1.51. The molecule has 0 radical (unpaired) electrons. The normalized spacial score (nSPS) is 17.1. The fourth-order valence-electron chi connectivity index (χ4n) is 2.48. The highest BCUT2D eigenvalue weighted by molar-refractivity contribution is 5.80. The molecule has 1 aromatic carbocycles. The number of pyridine rings is 1. The monoisotopic (exact) mass is 296 g/mol. The van der Waals surface area contributed by atoms with E-state index in [1.165, 1.54) is 6.07 Å². The maximum absolute atomic E-state index is 13.2.